The third-order valence-electron chi connectivity index (χ3n) is 3.85. The van der Waals surface area contributed by atoms with Gasteiger partial charge in [-0.2, -0.15) is 5.26 Å². The highest BCUT2D eigenvalue weighted by Crippen LogP contribution is 2.36. The standard InChI is InChI=1S/C19H23NO2/c1-5-8-15-10-11-17(16(15)9-6-2)18(12-20)19(21)22-13-14(4)7-3/h1,6,9,14H,7-8,10-11,13H2,2-4H3/b9-6-,18-17+. The van der Waals surface area contributed by atoms with Crippen LogP contribution < -0.4 is 0 Å². The number of carbonyl (C=O) groups excluding carboxylic acids is 1. The predicted molar refractivity (Wildman–Crippen MR) is 87.6 cm³/mol. The third-order valence-corrected chi connectivity index (χ3v) is 3.85. The number of hydrogen-bond acceptors (Lipinski definition) is 3. The van der Waals surface area contributed by atoms with Gasteiger partial charge >= 0.3 is 5.97 Å². The molecule has 22 heavy (non-hydrogen) atoms. The van der Waals surface area contributed by atoms with E-state index in [4.69, 9.17) is 11.2 Å². The number of nitrogens with zero attached hydrogens (tertiary/aromatic N) is 1. The van der Waals surface area contributed by atoms with Gasteiger partial charge in [0, 0.05) is 6.42 Å². The lowest BCUT2D eigenvalue weighted by Crippen LogP contribution is -2.14. The number of esters is 1. The van der Waals surface area contributed by atoms with E-state index in [1.165, 1.54) is 0 Å². The molecule has 0 saturated carbocycles. The summed E-state index contributed by atoms with van der Waals surface area (Å²) in [7, 11) is 0. The maximum Gasteiger partial charge on any atom is 0.349 e. The van der Waals surface area contributed by atoms with Gasteiger partial charge in [0.2, 0.25) is 0 Å². The molecule has 0 spiro atoms. The molecule has 1 rings (SSSR count). The first-order valence-corrected chi connectivity index (χ1v) is 7.67. The molecule has 116 valence electrons. The fraction of sp³-hybridized carbons (Fsp3) is 0.474. The Morgan fingerprint density at radius 1 is 1.50 bits per heavy atom. The number of hydrogen-bond donors (Lipinski definition) is 0. The van der Waals surface area contributed by atoms with Crippen LogP contribution in [0.25, 0.3) is 0 Å². The lowest BCUT2D eigenvalue weighted by molar-refractivity contribution is -0.139. The second-order valence-corrected chi connectivity index (χ2v) is 5.48. The number of carbonyl (C=O) groups is 1. The molecular formula is C19H23NO2. The van der Waals surface area contributed by atoms with Gasteiger partial charge in [0.05, 0.1) is 6.61 Å². The Morgan fingerprint density at radius 2 is 2.23 bits per heavy atom. The Kier molecular flexibility index (Phi) is 7.20. The topological polar surface area (TPSA) is 50.1 Å². The summed E-state index contributed by atoms with van der Waals surface area (Å²) in [6, 6.07) is 2.02. The third kappa shape index (κ3) is 4.37. The number of allylic oxidation sites excluding steroid dienone is 5. The van der Waals surface area contributed by atoms with Gasteiger partial charge in [0.25, 0.3) is 0 Å². The van der Waals surface area contributed by atoms with Crippen molar-refractivity contribution in [1.82, 2.24) is 0 Å². The highest BCUT2D eigenvalue weighted by Gasteiger charge is 2.25. The summed E-state index contributed by atoms with van der Waals surface area (Å²) in [6.45, 7) is 6.30. The normalized spacial score (nSPS) is 18.0. The molecule has 0 bridgehead atoms. The van der Waals surface area contributed by atoms with E-state index in [2.05, 4.69) is 5.92 Å². The number of ether oxygens (including phenoxy) is 1. The van der Waals surface area contributed by atoms with Crippen molar-refractivity contribution in [3.8, 4) is 18.4 Å². The van der Waals surface area contributed by atoms with Gasteiger partial charge in [0.15, 0.2) is 0 Å². The summed E-state index contributed by atoms with van der Waals surface area (Å²) in [4.78, 5) is 12.2. The van der Waals surface area contributed by atoms with Crippen molar-refractivity contribution < 1.29 is 9.53 Å². The Labute approximate surface area is 133 Å². The van der Waals surface area contributed by atoms with E-state index in [9.17, 15) is 10.1 Å². The van der Waals surface area contributed by atoms with Crippen molar-refractivity contribution >= 4 is 5.97 Å². The fourth-order valence-electron chi connectivity index (χ4n) is 2.35. The van der Waals surface area contributed by atoms with Gasteiger partial charge in [-0.1, -0.05) is 38.0 Å². The van der Waals surface area contributed by atoms with E-state index < -0.39 is 5.97 Å². The molecular weight excluding hydrogens is 274 g/mol. The van der Waals surface area contributed by atoms with Crippen LogP contribution in [0.1, 0.15) is 46.5 Å². The quantitative estimate of drug-likeness (QED) is 0.321. The van der Waals surface area contributed by atoms with E-state index in [0.29, 0.717) is 25.4 Å². The summed E-state index contributed by atoms with van der Waals surface area (Å²) in [5.41, 5.74) is 2.92. The van der Waals surface area contributed by atoms with Crippen molar-refractivity contribution in [2.45, 2.75) is 46.5 Å². The predicted octanol–water partition coefficient (Wildman–Crippen LogP) is 4.09. The van der Waals surface area contributed by atoms with Gasteiger partial charge in [-0.25, -0.2) is 4.79 Å². The van der Waals surface area contributed by atoms with Gasteiger partial charge in [-0.3, -0.25) is 0 Å². The molecule has 0 N–H and O–H groups in total. The molecule has 0 aromatic rings. The minimum Gasteiger partial charge on any atom is -0.461 e. The highest BCUT2D eigenvalue weighted by atomic mass is 16.5. The van der Waals surface area contributed by atoms with Crippen LogP contribution in [0.3, 0.4) is 0 Å². The van der Waals surface area contributed by atoms with Crippen molar-refractivity contribution in [3.63, 3.8) is 0 Å². The highest BCUT2D eigenvalue weighted by molar-refractivity contribution is 5.95. The number of terminal acetylenes is 1. The van der Waals surface area contributed by atoms with Crippen molar-refractivity contribution in [2.75, 3.05) is 6.61 Å². The zero-order valence-corrected chi connectivity index (χ0v) is 13.6. The summed E-state index contributed by atoms with van der Waals surface area (Å²) in [6.07, 6.45) is 12.2. The zero-order chi connectivity index (χ0) is 16.5. The molecule has 0 aromatic carbocycles. The first-order chi connectivity index (χ1) is 10.6. The molecule has 1 aliphatic rings. The molecule has 0 heterocycles. The molecule has 0 saturated heterocycles. The molecule has 1 aliphatic carbocycles. The molecule has 3 nitrogen and oxygen atoms in total. The molecule has 3 heteroatoms. The van der Waals surface area contributed by atoms with E-state index >= 15 is 0 Å². The molecule has 0 radical (unpaired) electrons. The second kappa shape index (κ2) is 8.90. The van der Waals surface area contributed by atoms with E-state index in [-0.39, 0.29) is 5.57 Å². The van der Waals surface area contributed by atoms with Gasteiger partial charge in [0.1, 0.15) is 11.6 Å². The minimum atomic E-state index is -0.526. The number of rotatable bonds is 6. The van der Waals surface area contributed by atoms with E-state index in [1.54, 1.807) is 0 Å². The molecule has 1 unspecified atom stereocenters. The summed E-state index contributed by atoms with van der Waals surface area (Å²) in [5.74, 6) is 2.40. The summed E-state index contributed by atoms with van der Waals surface area (Å²) >= 11 is 0. The SMILES string of the molecule is C#CCC1=C(/C=C\C)/C(=C(\C#N)C(=O)OCC(C)CC)CC1. The Bertz CT molecular complexity index is 594. The zero-order valence-electron chi connectivity index (χ0n) is 13.6. The Balaban J connectivity index is 3.09. The van der Waals surface area contributed by atoms with Crippen LogP contribution in [0.2, 0.25) is 0 Å². The van der Waals surface area contributed by atoms with Crippen molar-refractivity contribution in [2.24, 2.45) is 5.92 Å². The van der Waals surface area contributed by atoms with Crippen LogP contribution in [0.5, 0.6) is 0 Å². The molecule has 0 aliphatic heterocycles. The van der Waals surface area contributed by atoms with Crippen LogP contribution in [-0.2, 0) is 9.53 Å². The van der Waals surface area contributed by atoms with Crippen LogP contribution in [0.4, 0.5) is 0 Å². The Morgan fingerprint density at radius 3 is 2.77 bits per heavy atom. The average Bonchev–Trinajstić information content (AvgIpc) is 2.89. The van der Waals surface area contributed by atoms with E-state index in [1.807, 2.05) is 39.0 Å². The molecule has 1 atom stereocenters. The average molecular weight is 297 g/mol. The van der Waals surface area contributed by atoms with Gasteiger partial charge < -0.3 is 4.74 Å². The monoisotopic (exact) mass is 297 g/mol. The second-order valence-electron chi connectivity index (χ2n) is 5.48. The van der Waals surface area contributed by atoms with Crippen LogP contribution in [0.15, 0.2) is 34.4 Å². The lowest BCUT2D eigenvalue weighted by Gasteiger charge is -2.11. The largest absolute Gasteiger partial charge is 0.461 e. The smallest absolute Gasteiger partial charge is 0.349 e. The maximum atomic E-state index is 12.2. The number of nitriles is 1. The Hall–Kier alpha value is -2.26. The summed E-state index contributed by atoms with van der Waals surface area (Å²) in [5, 5.41) is 9.39. The van der Waals surface area contributed by atoms with Crippen LogP contribution >= 0.6 is 0 Å². The summed E-state index contributed by atoms with van der Waals surface area (Å²) < 4.78 is 5.28. The van der Waals surface area contributed by atoms with Crippen molar-refractivity contribution in [3.05, 3.63) is 34.4 Å². The fourth-order valence-corrected chi connectivity index (χ4v) is 2.35. The molecule has 0 aromatic heterocycles. The van der Waals surface area contributed by atoms with E-state index in [0.717, 1.165) is 29.6 Å². The lowest BCUT2D eigenvalue weighted by atomic mass is 10.0. The van der Waals surface area contributed by atoms with Crippen LogP contribution in [0, 0.1) is 29.6 Å². The molecule has 0 fully saturated rings. The van der Waals surface area contributed by atoms with Crippen LogP contribution in [-0.4, -0.2) is 12.6 Å². The first kappa shape index (κ1) is 17.8. The van der Waals surface area contributed by atoms with Crippen molar-refractivity contribution in [1.29, 1.82) is 5.26 Å². The first-order valence-electron chi connectivity index (χ1n) is 7.67. The van der Waals surface area contributed by atoms with Gasteiger partial charge in [-0.05, 0) is 36.8 Å². The maximum absolute atomic E-state index is 12.2. The van der Waals surface area contributed by atoms with Gasteiger partial charge in [-0.15, -0.1) is 12.3 Å². The minimum absolute atomic E-state index is 0.114. The molecule has 0 amide bonds.